The molecule has 0 saturated carbocycles. The number of allylic oxidation sites excluding steroid dienone is 6. The van der Waals surface area contributed by atoms with Crippen molar-refractivity contribution in [2.24, 2.45) is 5.92 Å². The van der Waals surface area contributed by atoms with Crippen LogP contribution in [-0.4, -0.2) is 34.9 Å². The van der Waals surface area contributed by atoms with Crippen LogP contribution < -0.4 is 10.3 Å². The smallest absolute Gasteiger partial charge is 0.240 e. The van der Waals surface area contributed by atoms with E-state index in [9.17, 15) is 19.2 Å². The number of Topliss-reactive ketones (excluding diaryl/α,β-unsaturated/α-hetero) is 2. The van der Waals surface area contributed by atoms with Crippen LogP contribution in [0.2, 0.25) is 5.02 Å². The van der Waals surface area contributed by atoms with Gasteiger partial charge in [0.2, 0.25) is 17.2 Å². The van der Waals surface area contributed by atoms with Crippen molar-refractivity contribution in [1.82, 2.24) is 0 Å². The summed E-state index contributed by atoms with van der Waals surface area (Å²) < 4.78 is 0. The summed E-state index contributed by atoms with van der Waals surface area (Å²) in [5, 5.41) is 3.70. The lowest BCUT2D eigenvalue weighted by molar-refractivity contribution is -0.355. The van der Waals surface area contributed by atoms with Crippen LogP contribution in [0.5, 0.6) is 0 Å². The average Bonchev–Trinajstić information content (AvgIpc) is 2.89. The normalized spacial score (nSPS) is 23.3. The van der Waals surface area contributed by atoms with Crippen molar-refractivity contribution in [1.29, 1.82) is 0 Å². The van der Waals surface area contributed by atoms with E-state index >= 15 is 0 Å². The Bertz CT molecular complexity index is 1690. The summed E-state index contributed by atoms with van der Waals surface area (Å²) in [6.45, 7) is 0. The maximum Gasteiger partial charge on any atom is 0.240 e. The molecule has 2 unspecified atom stereocenters. The molecule has 7 rings (SSSR count). The van der Waals surface area contributed by atoms with Gasteiger partial charge < -0.3 is 5.32 Å². The zero-order chi connectivity index (χ0) is 24.9. The molecule has 0 radical (unpaired) electrons. The van der Waals surface area contributed by atoms with Gasteiger partial charge in [-0.2, -0.15) is 0 Å². The summed E-state index contributed by atoms with van der Waals surface area (Å²) in [5.74, 6) is -1.52. The number of anilines is 1. The second kappa shape index (κ2) is 7.32. The number of hydrogen-bond acceptors (Lipinski definition) is 5. The molecule has 1 heterocycles. The number of nitrogens with one attached hydrogen (secondary N) is 2. The molecule has 2 atom stereocenters. The topological polar surface area (TPSA) is 94.3 Å². The van der Waals surface area contributed by atoms with Gasteiger partial charge in [-0.3, -0.25) is 19.2 Å². The van der Waals surface area contributed by atoms with Crippen LogP contribution in [0.15, 0.2) is 76.4 Å². The van der Waals surface area contributed by atoms with E-state index in [1.54, 1.807) is 36.4 Å². The lowest BCUT2D eigenvalue weighted by Gasteiger charge is -2.35. The third-order valence-electron chi connectivity index (χ3n) is 7.36. The zero-order valence-electron chi connectivity index (χ0n) is 18.4. The number of carbonyl (C=O) groups is 4. The molecule has 2 N–H and O–H groups in total. The van der Waals surface area contributed by atoms with E-state index in [2.05, 4.69) is 10.3 Å². The van der Waals surface area contributed by atoms with E-state index in [0.29, 0.717) is 40.2 Å². The Kier molecular flexibility index (Phi) is 4.36. The predicted molar refractivity (Wildman–Crippen MR) is 134 cm³/mol. The molecule has 5 aliphatic rings. The number of fused-ring (bicyclic) bond motifs is 7. The van der Waals surface area contributed by atoms with Gasteiger partial charge in [-0.1, -0.05) is 65.7 Å². The fourth-order valence-electron chi connectivity index (χ4n) is 5.68. The van der Waals surface area contributed by atoms with Crippen LogP contribution in [0.25, 0.3) is 0 Å². The Hall–Kier alpha value is -3.87. The third kappa shape index (κ3) is 2.66. The van der Waals surface area contributed by atoms with Gasteiger partial charge in [0.15, 0.2) is 17.3 Å². The lowest BCUT2D eigenvalue weighted by atomic mass is 9.70. The molecule has 0 aromatic heterocycles. The highest BCUT2D eigenvalue weighted by Gasteiger charge is 2.49. The first-order valence-corrected chi connectivity index (χ1v) is 12.1. The third-order valence-corrected chi connectivity index (χ3v) is 7.97. The molecule has 2 aromatic rings. The standard InChI is InChI=1S/C28H14Cl2N2O4/c29-17-9-15-19(27(35)13-7-3-1-5-11(13)25(15)33)23-21(17)32-24-20-16(10-18(30)22(24)31-23)26(34)12-6-2-4-8-14(12)28(20)36/h1-5,7-10,12,24,32H,6H2/p+1. The van der Waals surface area contributed by atoms with E-state index in [4.69, 9.17) is 23.2 Å². The summed E-state index contributed by atoms with van der Waals surface area (Å²) in [6, 6.07) is 7.34. The molecule has 8 heteroatoms. The first-order chi connectivity index (χ1) is 17.4. The molecule has 0 bridgehead atoms. The van der Waals surface area contributed by atoms with Crippen molar-refractivity contribution in [2.45, 2.75) is 12.5 Å². The van der Waals surface area contributed by atoms with Gasteiger partial charge in [-0.15, -0.1) is 0 Å². The second-order valence-electron chi connectivity index (χ2n) is 9.20. The van der Waals surface area contributed by atoms with Crippen molar-refractivity contribution in [3.8, 4) is 0 Å². The highest BCUT2D eigenvalue weighted by atomic mass is 35.5. The number of halogens is 2. The molecule has 0 amide bonds. The highest BCUT2D eigenvalue weighted by Crippen LogP contribution is 2.44. The molecular weight excluding hydrogens is 499 g/mol. The number of hydrogen-bond donors (Lipinski definition) is 2. The van der Waals surface area contributed by atoms with Gasteiger partial charge in [0.1, 0.15) is 22.3 Å². The SMILES string of the molecule is O=C1C2=CC=CCC2C(=O)C2=C1C1Nc3c(Cl)cc4c(c3[NH+]=C1C(Cl)=C2)C(=O)c1ccccc1C4=O. The van der Waals surface area contributed by atoms with Crippen molar-refractivity contribution in [3.05, 3.63) is 104 Å². The summed E-state index contributed by atoms with van der Waals surface area (Å²) in [4.78, 5) is 56.8. The lowest BCUT2D eigenvalue weighted by Crippen LogP contribution is -2.74. The fraction of sp³-hybridized carbons (Fsp3) is 0.107. The van der Waals surface area contributed by atoms with Crippen LogP contribution in [0.1, 0.15) is 38.3 Å². The second-order valence-corrected chi connectivity index (χ2v) is 10.0. The number of benzene rings is 2. The van der Waals surface area contributed by atoms with E-state index < -0.39 is 12.0 Å². The molecule has 0 spiro atoms. The Morgan fingerprint density at radius 3 is 2.47 bits per heavy atom. The van der Waals surface area contributed by atoms with Gasteiger partial charge in [0.05, 0.1) is 10.9 Å². The molecule has 2 aromatic carbocycles. The Morgan fingerprint density at radius 2 is 1.69 bits per heavy atom. The first kappa shape index (κ1) is 21.4. The van der Waals surface area contributed by atoms with Gasteiger partial charge in [0.25, 0.3) is 0 Å². The minimum atomic E-state index is -0.772. The quantitative estimate of drug-likeness (QED) is 0.481. The van der Waals surface area contributed by atoms with Crippen molar-refractivity contribution >= 4 is 63.4 Å². The Labute approximate surface area is 214 Å². The molecule has 0 saturated heterocycles. The number of ketones is 4. The van der Waals surface area contributed by atoms with Crippen molar-refractivity contribution < 1.29 is 24.2 Å². The summed E-state index contributed by atoms with van der Waals surface area (Å²) in [6.07, 6.45) is 7.31. The van der Waals surface area contributed by atoms with Crippen LogP contribution in [0.3, 0.4) is 0 Å². The van der Waals surface area contributed by atoms with Crippen LogP contribution in [-0.2, 0) is 9.59 Å². The van der Waals surface area contributed by atoms with Gasteiger partial charge in [0, 0.05) is 33.4 Å². The molecule has 1 aliphatic heterocycles. The van der Waals surface area contributed by atoms with Crippen LogP contribution in [0.4, 0.5) is 11.4 Å². The van der Waals surface area contributed by atoms with Crippen LogP contribution >= 0.6 is 23.2 Å². The maximum atomic E-state index is 13.6. The molecule has 36 heavy (non-hydrogen) atoms. The van der Waals surface area contributed by atoms with Crippen molar-refractivity contribution in [2.75, 3.05) is 5.32 Å². The van der Waals surface area contributed by atoms with Gasteiger partial charge in [-0.25, -0.2) is 4.99 Å². The Balaban J connectivity index is 1.44. The largest absolute Gasteiger partial charge is 0.362 e. The van der Waals surface area contributed by atoms with E-state index in [-0.39, 0.29) is 55.5 Å². The zero-order valence-corrected chi connectivity index (χ0v) is 20.0. The molecule has 0 fully saturated rings. The summed E-state index contributed by atoms with van der Waals surface area (Å²) >= 11 is 13.3. The average molecular weight is 514 g/mol. The molecule has 4 aliphatic carbocycles. The molecule has 174 valence electrons. The Morgan fingerprint density at radius 1 is 0.944 bits per heavy atom. The summed E-state index contributed by atoms with van der Waals surface area (Å²) in [7, 11) is 0. The van der Waals surface area contributed by atoms with Crippen molar-refractivity contribution in [3.63, 3.8) is 0 Å². The minimum Gasteiger partial charge on any atom is -0.362 e. The van der Waals surface area contributed by atoms with Gasteiger partial charge >= 0.3 is 0 Å². The maximum absolute atomic E-state index is 13.6. The predicted octanol–water partition coefficient (Wildman–Crippen LogP) is 3.15. The van der Waals surface area contributed by atoms with Crippen LogP contribution in [0, 0.1) is 5.92 Å². The number of rotatable bonds is 0. The van der Waals surface area contributed by atoms with E-state index in [0.717, 1.165) is 0 Å². The first-order valence-electron chi connectivity index (χ1n) is 11.4. The molecule has 6 nitrogen and oxygen atoms in total. The highest BCUT2D eigenvalue weighted by molar-refractivity contribution is 6.47. The monoisotopic (exact) mass is 513 g/mol. The fourth-order valence-corrected chi connectivity index (χ4v) is 6.20. The minimum absolute atomic E-state index is 0.154. The summed E-state index contributed by atoms with van der Waals surface area (Å²) in [5.41, 5.74) is 3.13. The van der Waals surface area contributed by atoms with Gasteiger partial charge in [-0.05, 0) is 18.6 Å². The van der Waals surface area contributed by atoms with E-state index in [1.165, 1.54) is 12.1 Å². The van der Waals surface area contributed by atoms with E-state index in [1.807, 2.05) is 6.08 Å². The molecular formula is C28H15Cl2N2O4+. The number of carbonyl (C=O) groups excluding carboxylic acids is 4.